The molecule has 121 valence electrons. The molecule has 0 fully saturated rings. The summed E-state index contributed by atoms with van der Waals surface area (Å²) < 4.78 is 0. The average molecular weight is 350 g/mol. The topological polar surface area (TPSA) is 0 Å². The van der Waals surface area contributed by atoms with Crippen LogP contribution in [0.25, 0.3) is 0 Å². The van der Waals surface area contributed by atoms with Crippen molar-refractivity contribution in [1.29, 1.82) is 0 Å². The lowest BCUT2D eigenvalue weighted by atomic mass is 10.1. The van der Waals surface area contributed by atoms with E-state index in [2.05, 4.69) is 76.2 Å². The standard InChI is InChI=1S/C22H22ClSi/c1-15-9-7-10-16(2)21(15)24(20-14-6-5-13-19(20)23)22-17(3)11-8-12-18(22)4/h5-14H,1-4H3. The van der Waals surface area contributed by atoms with Crippen LogP contribution in [-0.2, 0) is 0 Å². The second kappa shape index (κ2) is 6.96. The fourth-order valence-corrected chi connectivity index (χ4v) is 7.18. The molecule has 3 aromatic carbocycles. The third-order valence-corrected chi connectivity index (χ3v) is 8.65. The van der Waals surface area contributed by atoms with E-state index in [1.807, 2.05) is 12.1 Å². The van der Waals surface area contributed by atoms with E-state index < -0.39 is 8.80 Å². The van der Waals surface area contributed by atoms with Gasteiger partial charge in [-0.25, -0.2) is 0 Å². The lowest BCUT2D eigenvalue weighted by molar-refractivity contribution is 1.41. The zero-order valence-corrected chi connectivity index (χ0v) is 16.4. The second-order valence-corrected chi connectivity index (χ2v) is 9.08. The Bertz CT molecular complexity index is 791. The fourth-order valence-electron chi connectivity index (χ4n) is 3.48. The highest BCUT2D eigenvalue weighted by Crippen LogP contribution is 2.12. The Morgan fingerprint density at radius 3 is 1.42 bits per heavy atom. The van der Waals surface area contributed by atoms with E-state index >= 15 is 0 Å². The Hall–Kier alpha value is -1.83. The normalized spacial score (nSPS) is 11.1. The van der Waals surface area contributed by atoms with E-state index in [4.69, 9.17) is 11.6 Å². The molecule has 24 heavy (non-hydrogen) atoms. The molecule has 0 spiro atoms. The van der Waals surface area contributed by atoms with E-state index in [-0.39, 0.29) is 0 Å². The first-order chi connectivity index (χ1) is 11.5. The predicted octanol–water partition coefficient (Wildman–Crippen LogP) is 4.09. The van der Waals surface area contributed by atoms with E-state index in [9.17, 15) is 0 Å². The van der Waals surface area contributed by atoms with Gasteiger partial charge in [-0.05, 0) is 49.3 Å². The third kappa shape index (κ3) is 3.06. The molecular weight excluding hydrogens is 328 g/mol. The summed E-state index contributed by atoms with van der Waals surface area (Å²) in [5.41, 5.74) is 5.41. The largest absolute Gasteiger partial charge is 0.157 e. The molecule has 0 bridgehead atoms. The summed E-state index contributed by atoms with van der Waals surface area (Å²) in [6.07, 6.45) is 0. The maximum Gasteiger partial charge on any atom is 0.157 e. The van der Waals surface area contributed by atoms with E-state index in [1.54, 1.807) is 0 Å². The van der Waals surface area contributed by atoms with E-state index in [0.717, 1.165) is 5.02 Å². The highest BCUT2D eigenvalue weighted by molar-refractivity contribution is 6.97. The van der Waals surface area contributed by atoms with Gasteiger partial charge in [0.1, 0.15) is 0 Å². The molecular formula is C22H22ClSi. The van der Waals surface area contributed by atoms with Crippen molar-refractivity contribution < 1.29 is 0 Å². The number of hydrogen-bond donors (Lipinski definition) is 0. The molecule has 0 N–H and O–H groups in total. The van der Waals surface area contributed by atoms with Crippen molar-refractivity contribution in [3.63, 3.8) is 0 Å². The van der Waals surface area contributed by atoms with Crippen LogP contribution in [-0.4, -0.2) is 8.80 Å². The van der Waals surface area contributed by atoms with E-state index in [0.29, 0.717) is 0 Å². The summed E-state index contributed by atoms with van der Waals surface area (Å²) >= 11 is 6.65. The van der Waals surface area contributed by atoms with Crippen molar-refractivity contribution >= 4 is 36.0 Å². The summed E-state index contributed by atoms with van der Waals surface area (Å²) in [5.74, 6) is 0. The van der Waals surface area contributed by atoms with Crippen LogP contribution in [0.15, 0.2) is 60.7 Å². The minimum Gasteiger partial charge on any atom is -0.0845 e. The summed E-state index contributed by atoms with van der Waals surface area (Å²) in [5, 5.41) is 5.08. The molecule has 0 aliphatic heterocycles. The first kappa shape index (κ1) is 17.0. The molecule has 1 radical (unpaired) electrons. The maximum absolute atomic E-state index is 6.65. The predicted molar refractivity (Wildman–Crippen MR) is 108 cm³/mol. The molecule has 3 aromatic rings. The van der Waals surface area contributed by atoms with Crippen LogP contribution in [0.5, 0.6) is 0 Å². The molecule has 0 aliphatic carbocycles. The van der Waals surface area contributed by atoms with Gasteiger partial charge >= 0.3 is 0 Å². The van der Waals surface area contributed by atoms with Gasteiger partial charge in [0.15, 0.2) is 8.80 Å². The lowest BCUT2D eigenvalue weighted by Gasteiger charge is -2.25. The molecule has 2 heteroatoms. The van der Waals surface area contributed by atoms with Crippen LogP contribution < -0.4 is 15.6 Å². The summed E-state index contributed by atoms with van der Waals surface area (Å²) in [6.45, 7) is 8.88. The van der Waals surface area contributed by atoms with Crippen molar-refractivity contribution in [2.45, 2.75) is 27.7 Å². The average Bonchev–Trinajstić information content (AvgIpc) is 2.53. The maximum atomic E-state index is 6.65. The Morgan fingerprint density at radius 1 is 0.583 bits per heavy atom. The fraction of sp³-hybridized carbons (Fsp3) is 0.182. The molecule has 0 aromatic heterocycles. The molecule has 3 rings (SSSR count). The van der Waals surface area contributed by atoms with Crippen LogP contribution in [0.4, 0.5) is 0 Å². The highest BCUT2D eigenvalue weighted by Gasteiger charge is 2.27. The number of benzene rings is 3. The highest BCUT2D eigenvalue weighted by atomic mass is 35.5. The quantitative estimate of drug-likeness (QED) is 0.493. The molecule has 0 aliphatic rings. The summed E-state index contributed by atoms with van der Waals surface area (Å²) in [4.78, 5) is 0. The molecule has 0 unspecified atom stereocenters. The van der Waals surface area contributed by atoms with Crippen LogP contribution in [0.2, 0.25) is 5.02 Å². The zero-order chi connectivity index (χ0) is 17.3. The van der Waals surface area contributed by atoms with Gasteiger partial charge in [-0.1, -0.05) is 88.5 Å². The Labute approximate surface area is 151 Å². The van der Waals surface area contributed by atoms with Crippen LogP contribution in [0, 0.1) is 27.7 Å². The Morgan fingerprint density at radius 2 is 1.00 bits per heavy atom. The smallest absolute Gasteiger partial charge is 0.0845 e. The van der Waals surface area contributed by atoms with Crippen LogP contribution in [0.1, 0.15) is 22.3 Å². The third-order valence-electron chi connectivity index (χ3n) is 4.61. The summed E-state index contributed by atoms with van der Waals surface area (Å²) in [6, 6.07) is 21.5. The minimum atomic E-state index is -1.16. The van der Waals surface area contributed by atoms with Gasteiger partial charge in [0.2, 0.25) is 0 Å². The second-order valence-electron chi connectivity index (χ2n) is 6.39. The van der Waals surface area contributed by atoms with Crippen molar-refractivity contribution in [3.8, 4) is 0 Å². The number of aryl methyl sites for hydroxylation is 4. The molecule has 0 saturated carbocycles. The van der Waals surface area contributed by atoms with Gasteiger partial charge in [-0.3, -0.25) is 0 Å². The van der Waals surface area contributed by atoms with E-state index in [1.165, 1.54) is 37.8 Å². The first-order valence-electron chi connectivity index (χ1n) is 8.25. The molecule has 0 atom stereocenters. The van der Waals surface area contributed by atoms with Crippen LogP contribution >= 0.6 is 11.6 Å². The van der Waals surface area contributed by atoms with Gasteiger partial charge < -0.3 is 0 Å². The van der Waals surface area contributed by atoms with Gasteiger partial charge in [0, 0.05) is 5.02 Å². The Balaban J connectivity index is 2.37. The minimum absolute atomic E-state index is 0.872. The monoisotopic (exact) mass is 349 g/mol. The molecule has 0 amide bonds. The van der Waals surface area contributed by atoms with Crippen molar-refractivity contribution in [2.24, 2.45) is 0 Å². The number of halogens is 1. The van der Waals surface area contributed by atoms with Gasteiger partial charge in [-0.15, -0.1) is 0 Å². The number of rotatable bonds is 3. The zero-order valence-electron chi connectivity index (χ0n) is 14.7. The van der Waals surface area contributed by atoms with Crippen molar-refractivity contribution in [3.05, 3.63) is 87.9 Å². The van der Waals surface area contributed by atoms with Gasteiger partial charge in [-0.2, -0.15) is 0 Å². The summed E-state index contributed by atoms with van der Waals surface area (Å²) in [7, 11) is -1.16. The lowest BCUT2D eigenvalue weighted by Crippen LogP contribution is -2.56. The molecule has 0 saturated heterocycles. The van der Waals surface area contributed by atoms with Gasteiger partial charge in [0.25, 0.3) is 0 Å². The number of hydrogen-bond acceptors (Lipinski definition) is 0. The molecule has 0 heterocycles. The SMILES string of the molecule is Cc1cccc(C)c1[Si](c1ccccc1Cl)c1c(C)cccc1C. The Kier molecular flexibility index (Phi) is 4.93. The molecule has 0 nitrogen and oxygen atoms in total. The first-order valence-corrected chi connectivity index (χ1v) is 10.1. The van der Waals surface area contributed by atoms with Crippen molar-refractivity contribution in [1.82, 2.24) is 0 Å². The van der Waals surface area contributed by atoms with Gasteiger partial charge in [0.05, 0.1) is 0 Å². The van der Waals surface area contributed by atoms with Crippen LogP contribution in [0.3, 0.4) is 0 Å². The van der Waals surface area contributed by atoms with Crippen molar-refractivity contribution in [2.75, 3.05) is 0 Å².